The van der Waals surface area contributed by atoms with E-state index in [1.807, 2.05) is 26.0 Å². The van der Waals surface area contributed by atoms with Crippen LogP contribution in [-0.4, -0.2) is 33.0 Å². The minimum atomic E-state index is -3.30. The van der Waals surface area contributed by atoms with Crippen molar-refractivity contribution in [2.75, 3.05) is 22.4 Å². The Morgan fingerprint density at radius 1 is 1.10 bits per heavy atom. The fourth-order valence-corrected chi connectivity index (χ4v) is 4.09. The molecule has 2 aromatic rings. The fourth-order valence-electron chi connectivity index (χ4n) is 3.13. The summed E-state index contributed by atoms with van der Waals surface area (Å²) in [6, 6.07) is 12.4. The third-order valence-corrected chi connectivity index (χ3v) is 5.97. The van der Waals surface area contributed by atoms with Gasteiger partial charge >= 0.3 is 0 Å². The summed E-state index contributed by atoms with van der Waals surface area (Å²) in [6.45, 7) is 4.41. The van der Waals surface area contributed by atoms with E-state index in [0.29, 0.717) is 36.4 Å². The Hall–Kier alpha value is -2.87. The Kier molecular flexibility index (Phi) is 5.93. The minimum absolute atomic E-state index is 0.0444. The quantitative estimate of drug-likeness (QED) is 0.758. The lowest BCUT2D eigenvalue weighted by Gasteiger charge is -2.16. The van der Waals surface area contributed by atoms with Gasteiger partial charge in [0.05, 0.1) is 11.9 Å². The van der Waals surface area contributed by atoms with Crippen LogP contribution in [0.2, 0.25) is 0 Å². The van der Waals surface area contributed by atoms with Crippen molar-refractivity contribution in [2.45, 2.75) is 26.8 Å². The highest BCUT2D eigenvalue weighted by Crippen LogP contribution is 2.30. The maximum absolute atomic E-state index is 12.5. The summed E-state index contributed by atoms with van der Waals surface area (Å²) in [6.07, 6.45) is 1.77. The van der Waals surface area contributed by atoms with Crippen LogP contribution in [0.15, 0.2) is 42.5 Å². The van der Waals surface area contributed by atoms with Crippen LogP contribution in [-0.2, 0) is 27.8 Å². The third kappa shape index (κ3) is 4.95. The van der Waals surface area contributed by atoms with Crippen LogP contribution in [0.5, 0.6) is 0 Å². The van der Waals surface area contributed by atoms with Gasteiger partial charge in [-0.05, 0) is 47.9 Å². The summed E-state index contributed by atoms with van der Waals surface area (Å²) in [5.74, 6) is -0.356. The lowest BCUT2D eigenvalue weighted by atomic mass is 10.1. The molecule has 3 rings (SSSR count). The molecule has 8 heteroatoms. The van der Waals surface area contributed by atoms with Crippen LogP contribution in [0.1, 0.15) is 35.3 Å². The molecule has 2 amide bonds. The predicted molar refractivity (Wildman–Crippen MR) is 113 cm³/mol. The van der Waals surface area contributed by atoms with Crippen molar-refractivity contribution in [3.63, 3.8) is 0 Å². The maximum atomic E-state index is 12.5. The Morgan fingerprint density at radius 3 is 2.41 bits per heavy atom. The average Bonchev–Trinajstić information content (AvgIpc) is 3.10. The Balaban J connectivity index is 1.61. The molecule has 1 aliphatic rings. The van der Waals surface area contributed by atoms with Gasteiger partial charge in [-0.1, -0.05) is 26.0 Å². The second kappa shape index (κ2) is 8.24. The van der Waals surface area contributed by atoms with Gasteiger partial charge in [-0.2, -0.15) is 0 Å². The van der Waals surface area contributed by atoms with E-state index >= 15 is 0 Å². The molecule has 0 atom stereocenters. The van der Waals surface area contributed by atoms with E-state index in [0.717, 1.165) is 11.1 Å². The highest BCUT2D eigenvalue weighted by atomic mass is 32.2. The van der Waals surface area contributed by atoms with E-state index in [1.54, 1.807) is 30.3 Å². The number of nitrogens with zero attached hydrogens (tertiary/aromatic N) is 1. The normalized spacial score (nSPS) is 13.3. The van der Waals surface area contributed by atoms with Gasteiger partial charge in [0.2, 0.25) is 15.9 Å². The number of amides is 2. The van der Waals surface area contributed by atoms with E-state index in [-0.39, 0.29) is 17.7 Å². The standard InChI is InChI=1S/C21H25N3O4S/c1-14(2)20(25)23-18-7-4-15(5-8-18)13-22-21(26)17-6-9-19-16(12-17)10-11-24(19)29(3,27)28/h4-9,12,14H,10-11,13H2,1-3H3,(H,22,26)(H,23,25). The van der Waals surface area contributed by atoms with Gasteiger partial charge < -0.3 is 10.6 Å². The lowest BCUT2D eigenvalue weighted by molar-refractivity contribution is -0.118. The summed E-state index contributed by atoms with van der Waals surface area (Å²) in [4.78, 5) is 24.2. The zero-order chi connectivity index (χ0) is 21.2. The second-order valence-electron chi connectivity index (χ2n) is 7.45. The molecule has 0 radical (unpaired) electrons. The number of carbonyl (C=O) groups excluding carboxylic acids is 2. The summed E-state index contributed by atoms with van der Waals surface area (Å²) in [5.41, 5.74) is 3.62. The van der Waals surface area contributed by atoms with Crippen molar-refractivity contribution < 1.29 is 18.0 Å². The molecule has 0 spiro atoms. The van der Waals surface area contributed by atoms with Gasteiger partial charge in [0.25, 0.3) is 5.91 Å². The van der Waals surface area contributed by atoms with Gasteiger partial charge in [-0.15, -0.1) is 0 Å². The van der Waals surface area contributed by atoms with Crippen molar-refractivity contribution in [3.05, 3.63) is 59.2 Å². The minimum Gasteiger partial charge on any atom is -0.348 e. The highest BCUT2D eigenvalue weighted by Gasteiger charge is 2.26. The van der Waals surface area contributed by atoms with Crippen LogP contribution in [0.25, 0.3) is 0 Å². The smallest absolute Gasteiger partial charge is 0.251 e. The molecule has 0 aliphatic carbocycles. The molecule has 0 saturated carbocycles. The molecule has 0 fully saturated rings. The first-order valence-corrected chi connectivity index (χ1v) is 11.3. The van der Waals surface area contributed by atoms with Gasteiger partial charge in [-0.25, -0.2) is 8.42 Å². The van der Waals surface area contributed by atoms with Crippen molar-refractivity contribution in [1.29, 1.82) is 0 Å². The van der Waals surface area contributed by atoms with Crippen LogP contribution < -0.4 is 14.9 Å². The molecule has 154 valence electrons. The van der Waals surface area contributed by atoms with Gasteiger partial charge in [0.1, 0.15) is 0 Å². The molecule has 29 heavy (non-hydrogen) atoms. The van der Waals surface area contributed by atoms with Crippen LogP contribution in [0.4, 0.5) is 11.4 Å². The Labute approximate surface area is 171 Å². The summed E-state index contributed by atoms with van der Waals surface area (Å²) in [7, 11) is -3.30. The van der Waals surface area contributed by atoms with E-state index in [9.17, 15) is 18.0 Å². The zero-order valence-corrected chi connectivity index (χ0v) is 17.5. The maximum Gasteiger partial charge on any atom is 0.251 e. The molecule has 2 aromatic carbocycles. The van der Waals surface area contributed by atoms with Crippen molar-refractivity contribution >= 4 is 33.2 Å². The second-order valence-corrected chi connectivity index (χ2v) is 9.36. The zero-order valence-electron chi connectivity index (χ0n) is 16.7. The van der Waals surface area contributed by atoms with E-state index in [2.05, 4.69) is 10.6 Å². The monoisotopic (exact) mass is 415 g/mol. The first-order valence-electron chi connectivity index (χ1n) is 9.44. The van der Waals surface area contributed by atoms with Crippen molar-refractivity contribution in [1.82, 2.24) is 5.32 Å². The van der Waals surface area contributed by atoms with Gasteiger partial charge in [0.15, 0.2) is 0 Å². The number of sulfonamides is 1. The average molecular weight is 416 g/mol. The van der Waals surface area contributed by atoms with Crippen LogP contribution in [0.3, 0.4) is 0 Å². The topological polar surface area (TPSA) is 95.6 Å². The predicted octanol–water partition coefficient (Wildman–Crippen LogP) is 2.53. The van der Waals surface area contributed by atoms with E-state index in [1.165, 1.54) is 10.6 Å². The molecule has 0 unspecified atom stereocenters. The molecule has 2 N–H and O–H groups in total. The fraction of sp³-hybridized carbons (Fsp3) is 0.333. The molecular weight excluding hydrogens is 390 g/mol. The number of anilines is 2. The van der Waals surface area contributed by atoms with E-state index in [4.69, 9.17) is 0 Å². The summed E-state index contributed by atoms with van der Waals surface area (Å²) < 4.78 is 25.0. The van der Waals surface area contributed by atoms with Crippen LogP contribution >= 0.6 is 0 Å². The number of hydrogen-bond acceptors (Lipinski definition) is 4. The number of carbonyl (C=O) groups is 2. The molecule has 0 saturated heterocycles. The number of hydrogen-bond donors (Lipinski definition) is 2. The van der Waals surface area contributed by atoms with Gasteiger partial charge in [-0.3, -0.25) is 13.9 Å². The molecule has 0 bridgehead atoms. The van der Waals surface area contributed by atoms with Gasteiger partial charge in [0, 0.05) is 30.3 Å². The number of benzene rings is 2. The van der Waals surface area contributed by atoms with Crippen molar-refractivity contribution in [3.8, 4) is 0 Å². The van der Waals surface area contributed by atoms with Crippen LogP contribution in [0, 0.1) is 5.92 Å². The number of rotatable bonds is 6. The van der Waals surface area contributed by atoms with Crippen molar-refractivity contribution in [2.24, 2.45) is 5.92 Å². The molecule has 1 heterocycles. The first kappa shape index (κ1) is 20.9. The molecule has 1 aliphatic heterocycles. The number of fused-ring (bicyclic) bond motifs is 1. The highest BCUT2D eigenvalue weighted by molar-refractivity contribution is 7.92. The van der Waals surface area contributed by atoms with E-state index < -0.39 is 10.0 Å². The summed E-state index contributed by atoms with van der Waals surface area (Å²) >= 11 is 0. The lowest BCUT2D eigenvalue weighted by Crippen LogP contribution is -2.27. The molecule has 7 nitrogen and oxygen atoms in total. The third-order valence-electron chi connectivity index (χ3n) is 4.79. The Morgan fingerprint density at radius 2 is 1.79 bits per heavy atom. The molecular formula is C21H25N3O4S. The molecule has 0 aromatic heterocycles. The SMILES string of the molecule is CC(C)C(=O)Nc1ccc(CNC(=O)c2ccc3c(c2)CCN3S(C)(=O)=O)cc1. The largest absolute Gasteiger partial charge is 0.348 e. The number of nitrogens with one attached hydrogen (secondary N) is 2. The first-order chi connectivity index (χ1) is 13.6. The Bertz CT molecular complexity index is 1030. The summed E-state index contributed by atoms with van der Waals surface area (Å²) in [5, 5.41) is 5.69.